The van der Waals surface area contributed by atoms with Gasteiger partial charge >= 0.3 is 5.97 Å². The molecule has 2 aromatic carbocycles. The molecule has 2 N–H and O–H groups in total. The van der Waals surface area contributed by atoms with Crippen LogP contribution in [-0.4, -0.2) is 50.3 Å². The Morgan fingerprint density at radius 1 is 0.686 bits per heavy atom. The van der Waals surface area contributed by atoms with Crippen molar-refractivity contribution in [3.63, 3.8) is 0 Å². The second-order valence-electron chi connectivity index (χ2n) is 7.07. The van der Waals surface area contributed by atoms with Gasteiger partial charge in [-0.25, -0.2) is 4.79 Å². The second kappa shape index (κ2) is 21.5. The molecule has 0 saturated carbocycles. The highest BCUT2D eigenvalue weighted by atomic mass is 16.6. The fraction of sp³-hybridized carbons (Fsp3) is 0.379. The number of hydrogen-bond donors (Lipinski definition) is 0. The monoisotopic (exact) mass is 484 g/mol. The summed E-state index contributed by atoms with van der Waals surface area (Å²) in [5.74, 6) is -0.515. The second-order valence-corrected chi connectivity index (χ2v) is 7.07. The molecule has 35 heavy (non-hydrogen) atoms. The third-order valence-electron chi connectivity index (χ3n) is 4.48. The molecule has 0 saturated heterocycles. The van der Waals surface area contributed by atoms with Crippen molar-refractivity contribution < 1.29 is 29.3 Å². The number of hydrogen-bond acceptors (Lipinski definition) is 5. The van der Waals surface area contributed by atoms with E-state index in [0.717, 1.165) is 13.0 Å². The van der Waals surface area contributed by atoms with E-state index in [1.165, 1.54) is 12.8 Å². The Morgan fingerprint density at radius 3 is 1.69 bits per heavy atom. The summed E-state index contributed by atoms with van der Waals surface area (Å²) >= 11 is 0. The van der Waals surface area contributed by atoms with Gasteiger partial charge in [0.1, 0.15) is 6.61 Å². The van der Waals surface area contributed by atoms with Crippen molar-refractivity contribution in [3.05, 3.63) is 95.6 Å². The van der Waals surface area contributed by atoms with Crippen LogP contribution in [0.1, 0.15) is 66.3 Å². The van der Waals surface area contributed by atoms with Gasteiger partial charge in [-0.3, -0.25) is 4.79 Å². The Morgan fingerprint density at radius 2 is 1.17 bits per heavy atom. The summed E-state index contributed by atoms with van der Waals surface area (Å²) in [4.78, 5) is 24.3. The van der Waals surface area contributed by atoms with E-state index < -0.39 is 5.97 Å². The van der Waals surface area contributed by atoms with Crippen molar-refractivity contribution in [2.45, 2.75) is 40.0 Å². The van der Waals surface area contributed by atoms with Crippen molar-refractivity contribution in [1.29, 1.82) is 0 Å². The smallest absolute Gasteiger partial charge is 0.338 e. The Balaban J connectivity index is 0.00000110. The van der Waals surface area contributed by atoms with Gasteiger partial charge in [0.15, 0.2) is 5.78 Å². The highest BCUT2D eigenvalue weighted by molar-refractivity contribution is 6.09. The van der Waals surface area contributed by atoms with Gasteiger partial charge in [0.2, 0.25) is 0 Å². The van der Waals surface area contributed by atoms with Gasteiger partial charge in [-0.05, 0) is 31.4 Å². The summed E-state index contributed by atoms with van der Waals surface area (Å²) in [7, 11) is 0. The topological polar surface area (TPSA) is 93.3 Å². The summed E-state index contributed by atoms with van der Waals surface area (Å²) in [5.41, 5.74) is 1.55. The highest BCUT2D eigenvalue weighted by Gasteiger charge is 2.11. The quantitative estimate of drug-likeness (QED) is 0.235. The molecule has 0 aromatic heterocycles. The molecule has 0 spiro atoms. The Hall–Kier alpha value is -3.06. The third kappa shape index (κ3) is 14.1. The molecule has 3 rings (SSSR count). The number of benzene rings is 2. The summed E-state index contributed by atoms with van der Waals surface area (Å²) in [6.45, 7) is 8.29. The lowest BCUT2D eigenvalue weighted by Crippen LogP contribution is -2.13. The molecule has 192 valence electrons. The zero-order chi connectivity index (χ0) is 24.9. The van der Waals surface area contributed by atoms with Crippen LogP contribution in [0.25, 0.3) is 0 Å². The van der Waals surface area contributed by atoms with Crippen LogP contribution in [-0.2, 0) is 14.2 Å². The molecular weight excluding hydrogens is 444 g/mol. The molecule has 0 radical (unpaired) electrons. The molecule has 0 aliphatic heterocycles. The van der Waals surface area contributed by atoms with E-state index >= 15 is 0 Å². The molecule has 0 heterocycles. The van der Waals surface area contributed by atoms with Crippen LogP contribution in [0.2, 0.25) is 0 Å². The number of ether oxygens (including phenoxy) is 3. The SMILES string of the molecule is C1=CCCC=C1.CC.CCCOCCOCCOC(=O)c1ccc(C(=O)c2ccccc2)cc1.O. The average molecular weight is 485 g/mol. The van der Waals surface area contributed by atoms with E-state index in [4.69, 9.17) is 14.2 Å². The van der Waals surface area contributed by atoms with E-state index in [1.54, 1.807) is 36.4 Å². The molecule has 6 nitrogen and oxygen atoms in total. The van der Waals surface area contributed by atoms with Crippen LogP contribution in [0.3, 0.4) is 0 Å². The van der Waals surface area contributed by atoms with Gasteiger partial charge in [-0.15, -0.1) is 0 Å². The molecule has 0 unspecified atom stereocenters. The first-order chi connectivity index (χ1) is 16.7. The van der Waals surface area contributed by atoms with Crippen LogP contribution >= 0.6 is 0 Å². The highest BCUT2D eigenvalue weighted by Crippen LogP contribution is 2.12. The predicted octanol–water partition coefficient (Wildman–Crippen LogP) is 5.61. The molecule has 1 aliphatic rings. The van der Waals surface area contributed by atoms with Crippen molar-refractivity contribution in [2.24, 2.45) is 0 Å². The number of esters is 1. The van der Waals surface area contributed by atoms with Crippen LogP contribution in [0.5, 0.6) is 0 Å². The van der Waals surface area contributed by atoms with Gasteiger partial charge in [0.25, 0.3) is 0 Å². The first-order valence-corrected chi connectivity index (χ1v) is 12.1. The van der Waals surface area contributed by atoms with Crippen molar-refractivity contribution in [1.82, 2.24) is 0 Å². The lowest BCUT2D eigenvalue weighted by molar-refractivity contribution is 0.0147. The lowest BCUT2D eigenvalue weighted by atomic mass is 10.0. The molecular formula is C29H40O6. The van der Waals surface area contributed by atoms with E-state index in [2.05, 4.69) is 24.3 Å². The number of rotatable bonds is 11. The largest absolute Gasteiger partial charge is 0.460 e. The van der Waals surface area contributed by atoms with Crippen molar-refractivity contribution in [3.8, 4) is 0 Å². The van der Waals surface area contributed by atoms with Crippen molar-refractivity contribution in [2.75, 3.05) is 33.0 Å². The Kier molecular flexibility index (Phi) is 19.6. The zero-order valence-electron chi connectivity index (χ0n) is 21.2. The average Bonchev–Trinajstić information content (AvgIpc) is 2.92. The normalized spacial score (nSPS) is 11.2. The molecule has 2 aromatic rings. The number of allylic oxidation sites excluding steroid dienone is 4. The van der Waals surface area contributed by atoms with Gasteiger partial charge in [0, 0.05) is 17.7 Å². The maximum Gasteiger partial charge on any atom is 0.338 e. The lowest BCUT2D eigenvalue weighted by Gasteiger charge is -2.07. The first kappa shape index (κ1) is 31.9. The molecule has 0 amide bonds. The van der Waals surface area contributed by atoms with Crippen LogP contribution < -0.4 is 0 Å². The first-order valence-electron chi connectivity index (χ1n) is 12.1. The summed E-state index contributed by atoms with van der Waals surface area (Å²) < 4.78 is 15.8. The van der Waals surface area contributed by atoms with Gasteiger partial charge < -0.3 is 19.7 Å². The van der Waals surface area contributed by atoms with E-state index in [-0.39, 0.29) is 17.9 Å². The van der Waals surface area contributed by atoms with Gasteiger partial charge in [-0.2, -0.15) is 0 Å². The van der Waals surface area contributed by atoms with E-state index in [9.17, 15) is 9.59 Å². The third-order valence-corrected chi connectivity index (χ3v) is 4.48. The number of carbonyl (C=O) groups is 2. The fourth-order valence-corrected chi connectivity index (χ4v) is 2.80. The van der Waals surface area contributed by atoms with E-state index in [1.807, 2.05) is 39.0 Å². The summed E-state index contributed by atoms with van der Waals surface area (Å²) in [6, 6.07) is 15.5. The number of carbonyl (C=O) groups excluding carboxylic acids is 2. The van der Waals surface area contributed by atoms with Gasteiger partial charge in [0.05, 0.1) is 25.4 Å². The van der Waals surface area contributed by atoms with Gasteiger partial charge in [-0.1, -0.05) is 87.5 Å². The van der Waals surface area contributed by atoms with Crippen LogP contribution in [0.15, 0.2) is 78.9 Å². The summed E-state index contributed by atoms with van der Waals surface area (Å²) in [5, 5.41) is 0. The number of ketones is 1. The Labute approximate surface area is 209 Å². The summed E-state index contributed by atoms with van der Waals surface area (Å²) in [6.07, 6.45) is 12.0. The predicted molar refractivity (Wildman–Crippen MR) is 141 cm³/mol. The van der Waals surface area contributed by atoms with E-state index in [0.29, 0.717) is 36.5 Å². The molecule has 0 atom stereocenters. The maximum absolute atomic E-state index is 12.3. The molecule has 1 aliphatic carbocycles. The standard InChI is InChI=1S/C21H24O5.C6H8.C2H6.H2O/c1-2-12-24-13-14-25-15-16-26-21(23)19-10-8-18(9-11-19)20(22)17-6-4-3-5-7-17;1-2-4-6-5-3-1;1-2;/h3-11H,2,12-16H2,1H3;1-4H,5-6H2;1-2H3;1H2. The minimum Gasteiger partial charge on any atom is -0.460 e. The van der Waals surface area contributed by atoms with Crippen LogP contribution in [0, 0.1) is 0 Å². The minimum absolute atomic E-state index is 0. The molecule has 6 heteroatoms. The fourth-order valence-electron chi connectivity index (χ4n) is 2.80. The molecule has 0 fully saturated rings. The minimum atomic E-state index is -0.436. The van der Waals surface area contributed by atoms with Crippen molar-refractivity contribution >= 4 is 11.8 Å². The maximum atomic E-state index is 12.3. The zero-order valence-corrected chi connectivity index (χ0v) is 21.2. The Bertz CT molecular complexity index is 845. The van der Waals surface area contributed by atoms with Crippen LogP contribution in [0.4, 0.5) is 0 Å². The molecule has 0 bridgehead atoms.